The van der Waals surface area contributed by atoms with Gasteiger partial charge in [-0.05, 0) is 72.5 Å². The molecule has 0 spiro atoms. The van der Waals surface area contributed by atoms with Crippen molar-refractivity contribution < 1.29 is 4.79 Å². The maximum absolute atomic E-state index is 12.9. The van der Waals surface area contributed by atoms with Crippen LogP contribution in [0.1, 0.15) is 23.6 Å². The molecular formula is C20H21N5OS. The van der Waals surface area contributed by atoms with Crippen LogP contribution in [0.15, 0.2) is 47.6 Å². The Morgan fingerprint density at radius 1 is 1.19 bits per heavy atom. The van der Waals surface area contributed by atoms with E-state index in [-0.39, 0.29) is 11.9 Å². The summed E-state index contributed by atoms with van der Waals surface area (Å²) in [4.78, 5) is 14.8. The monoisotopic (exact) mass is 379 g/mol. The Labute approximate surface area is 162 Å². The highest BCUT2D eigenvalue weighted by atomic mass is 32.2. The number of para-hydroxylation sites is 1. The molecular weight excluding hydrogens is 358 g/mol. The van der Waals surface area contributed by atoms with Gasteiger partial charge in [0.05, 0.1) is 11.4 Å². The number of thioether (sulfide) groups is 1. The zero-order chi connectivity index (χ0) is 19.0. The summed E-state index contributed by atoms with van der Waals surface area (Å²) in [5, 5.41) is 12.6. The topological polar surface area (TPSA) is 63.9 Å². The molecule has 0 radical (unpaired) electrons. The lowest BCUT2D eigenvalue weighted by molar-refractivity contribution is -0.116. The summed E-state index contributed by atoms with van der Waals surface area (Å²) in [5.74, 6) is 0.372. The molecule has 0 bridgehead atoms. The molecule has 1 unspecified atom stereocenters. The average Bonchev–Trinajstić information content (AvgIpc) is 3.25. The molecule has 1 aromatic heterocycles. The number of aromatic nitrogens is 4. The van der Waals surface area contributed by atoms with E-state index in [1.807, 2.05) is 29.2 Å². The molecule has 7 heteroatoms. The van der Waals surface area contributed by atoms with Gasteiger partial charge in [-0.15, -0.1) is 5.10 Å². The number of nitrogens with zero attached hydrogens (tertiary/aromatic N) is 5. The fraction of sp³-hybridized carbons (Fsp3) is 0.300. The number of benzene rings is 2. The molecule has 1 amide bonds. The zero-order valence-electron chi connectivity index (χ0n) is 15.6. The lowest BCUT2D eigenvalue weighted by Gasteiger charge is -2.22. The van der Waals surface area contributed by atoms with Crippen molar-refractivity contribution in [2.75, 3.05) is 10.7 Å². The molecule has 4 rings (SSSR count). The van der Waals surface area contributed by atoms with E-state index < -0.39 is 0 Å². The zero-order valence-corrected chi connectivity index (χ0v) is 16.4. The Hall–Kier alpha value is -2.67. The predicted molar refractivity (Wildman–Crippen MR) is 106 cm³/mol. The van der Waals surface area contributed by atoms with E-state index in [1.54, 1.807) is 4.68 Å². The van der Waals surface area contributed by atoms with Crippen LogP contribution in [0.25, 0.3) is 5.69 Å². The summed E-state index contributed by atoms with van der Waals surface area (Å²) < 4.78 is 1.69. The second kappa shape index (κ2) is 7.15. The standard InChI is InChI=1S/C20H21N5OS/c1-13-8-9-17(10-14(13)2)25-20(21-22-23-25)27-12-19(26)24-15(3)11-16-6-4-5-7-18(16)24/h4-10,15H,11-12H2,1-3H3. The van der Waals surface area contributed by atoms with Crippen LogP contribution < -0.4 is 4.90 Å². The molecule has 138 valence electrons. The average molecular weight is 379 g/mol. The van der Waals surface area contributed by atoms with Gasteiger partial charge in [0.2, 0.25) is 11.1 Å². The van der Waals surface area contributed by atoms with Gasteiger partial charge in [-0.2, -0.15) is 4.68 Å². The first-order chi connectivity index (χ1) is 13.0. The first-order valence-electron chi connectivity index (χ1n) is 8.93. The lowest BCUT2D eigenvalue weighted by Crippen LogP contribution is -2.37. The molecule has 2 heterocycles. The maximum atomic E-state index is 12.9. The van der Waals surface area contributed by atoms with Gasteiger partial charge in [-0.1, -0.05) is 36.0 Å². The van der Waals surface area contributed by atoms with Crippen molar-refractivity contribution in [1.82, 2.24) is 20.2 Å². The number of carbonyl (C=O) groups is 1. The van der Waals surface area contributed by atoms with Crippen LogP contribution in [-0.2, 0) is 11.2 Å². The van der Waals surface area contributed by atoms with E-state index >= 15 is 0 Å². The highest BCUT2D eigenvalue weighted by Crippen LogP contribution is 2.32. The molecule has 27 heavy (non-hydrogen) atoms. The summed E-state index contributed by atoms with van der Waals surface area (Å²) in [5.41, 5.74) is 5.54. The fourth-order valence-electron chi connectivity index (χ4n) is 3.43. The third-order valence-corrected chi connectivity index (χ3v) is 5.88. The van der Waals surface area contributed by atoms with Gasteiger partial charge in [-0.25, -0.2) is 0 Å². The number of anilines is 1. The van der Waals surface area contributed by atoms with Crippen LogP contribution in [0.2, 0.25) is 0 Å². The van der Waals surface area contributed by atoms with Gasteiger partial charge < -0.3 is 4.90 Å². The molecule has 0 saturated carbocycles. The van der Waals surface area contributed by atoms with Gasteiger partial charge in [0.1, 0.15) is 0 Å². The van der Waals surface area contributed by atoms with Crippen molar-refractivity contribution in [3.05, 3.63) is 59.2 Å². The minimum Gasteiger partial charge on any atom is -0.308 e. The van der Waals surface area contributed by atoms with E-state index in [4.69, 9.17) is 0 Å². The molecule has 0 N–H and O–H groups in total. The second-order valence-electron chi connectivity index (χ2n) is 6.88. The number of amides is 1. The van der Waals surface area contributed by atoms with E-state index in [0.29, 0.717) is 10.9 Å². The van der Waals surface area contributed by atoms with Gasteiger partial charge in [-0.3, -0.25) is 4.79 Å². The summed E-state index contributed by atoms with van der Waals surface area (Å²) in [7, 11) is 0. The number of hydrogen-bond acceptors (Lipinski definition) is 5. The minimum atomic E-state index is 0.0760. The highest BCUT2D eigenvalue weighted by molar-refractivity contribution is 7.99. The maximum Gasteiger partial charge on any atom is 0.237 e. The molecule has 2 aromatic carbocycles. The van der Waals surface area contributed by atoms with Crippen molar-refractivity contribution in [2.24, 2.45) is 0 Å². The molecule has 6 nitrogen and oxygen atoms in total. The van der Waals surface area contributed by atoms with E-state index in [1.165, 1.54) is 28.5 Å². The summed E-state index contributed by atoms with van der Waals surface area (Å²) >= 11 is 1.37. The summed E-state index contributed by atoms with van der Waals surface area (Å²) in [6.45, 7) is 6.22. The first kappa shape index (κ1) is 17.7. The van der Waals surface area contributed by atoms with E-state index in [0.717, 1.165) is 17.8 Å². The molecule has 0 aliphatic carbocycles. The number of hydrogen-bond donors (Lipinski definition) is 0. The lowest BCUT2D eigenvalue weighted by atomic mass is 10.1. The Bertz CT molecular complexity index is 1000. The largest absolute Gasteiger partial charge is 0.308 e. The van der Waals surface area contributed by atoms with Gasteiger partial charge in [0.15, 0.2) is 0 Å². The van der Waals surface area contributed by atoms with E-state index in [9.17, 15) is 4.79 Å². The molecule has 0 saturated heterocycles. The Morgan fingerprint density at radius 3 is 2.81 bits per heavy atom. The van der Waals surface area contributed by atoms with Crippen LogP contribution in [0.3, 0.4) is 0 Å². The quantitative estimate of drug-likeness (QED) is 0.651. The van der Waals surface area contributed by atoms with Crippen LogP contribution in [0.5, 0.6) is 0 Å². The summed E-state index contributed by atoms with van der Waals surface area (Å²) in [6, 6.07) is 14.4. The van der Waals surface area contributed by atoms with Crippen molar-refractivity contribution in [1.29, 1.82) is 0 Å². The minimum absolute atomic E-state index is 0.0760. The van der Waals surface area contributed by atoms with Crippen molar-refractivity contribution in [3.63, 3.8) is 0 Å². The third-order valence-electron chi connectivity index (χ3n) is 4.98. The molecule has 1 atom stereocenters. The van der Waals surface area contributed by atoms with Crippen molar-refractivity contribution in [2.45, 2.75) is 38.4 Å². The van der Waals surface area contributed by atoms with Gasteiger partial charge >= 0.3 is 0 Å². The number of carbonyl (C=O) groups excluding carboxylic acids is 1. The fourth-order valence-corrected chi connectivity index (χ4v) is 4.18. The van der Waals surface area contributed by atoms with Gasteiger partial charge in [0, 0.05) is 11.7 Å². The third kappa shape index (κ3) is 3.35. The summed E-state index contributed by atoms with van der Waals surface area (Å²) in [6.07, 6.45) is 0.896. The smallest absolute Gasteiger partial charge is 0.237 e. The van der Waals surface area contributed by atoms with Crippen molar-refractivity contribution in [3.8, 4) is 5.69 Å². The number of aryl methyl sites for hydroxylation is 2. The second-order valence-corrected chi connectivity index (χ2v) is 7.82. The predicted octanol–water partition coefficient (Wildman–Crippen LogP) is 3.35. The van der Waals surface area contributed by atoms with Gasteiger partial charge in [0.25, 0.3) is 0 Å². The first-order valence-corrected chi connectivity index (χ1v) is 9.92. The number of tetrazole rings is 1. The molecule has 0 fully saturated rings. The van der Waals surface area contributed by atoms with Crippen LogP contribution >= 0.6 is 11.8 Å². The highest BCUT2D eigenvalue weighted by Gasteiger charge is 2.30. The molecule has 1 aliphatic heterocycles. The SMILES string of the molecule is Cc1ccc(-n2nnnc2SCC(=O)N2c3ccccc3CC2C)cc1C. The number of rotatable bonds is 4. The Morgan fingerprint density at radius 2 is 2.00 bits per heavy atom. The van der Waals surface area contributed by atoms with E-state index in [2.05, 4.69) is 54.5 Å². The Kier molecular flexibility index (Phi) is 4.70. The van der Waals surface area contributed by atoms with Crippen LogP contribution in [0, 0.1) is 13.8 Å². The van der Waals surface area contributed by atoms with Crippen LogP contribution in [0.4, 0.5) is 5.69 Å². The molecule has 1 aliphatic rings. The number of fused-ring (bicyclic) bond motifs is 1. The molecule has 3 aromatic rings. The Balaban J connectivity index is 1.51. The van der Waals surface area contributed by atoms with Crippen molar-refractivity contribution >= 4 is 23.4 Å². The normalized spacial score (nSPS) is 15.8. The van der Waals surface area contributed by atoms with Crippen LogP contribution in [-0.4, -0.2) is 37.9 Å².